The zero-order chi connectivity index (χ0) is 10.1. The van der Waals surface area contributed by atoms with Crippen LogP contribution in [0.25, 0.3) is 0 Å². The van der Waals surface area contributed by atoms with Crippen molar-refractivity contribution in [3.63, 3.8) is 0 Å². The van der Waals surface area contributed by atoms with E-state index in [0.29, 0.717) is 12.0 Å². The average Bonchev–Trinajstić information content (AvgIpc) is 1.98. The highest BCUT2D eigenvalue weighted by Crippen LogP contribution is 2.27. The molecule has 0 aromatic heterocycles. The van der Waals surface area contributed by atoms with E-state index in [9.17, 15) is 0 Å². The van der Waals surface area contributed by atoms with E-state index >= 15 is 0 Å². The monoisotopic (exact) mass is 186 g/mol. The summed E-state index contributed by atoms with van der Waals surface area (Å²) in [5.41, 5.74) is 6.23. The van der Waals surface area contributed by atoms with Crippen molar-refractivity contribution in [1.29, 1.82) is 0 Å². The fourth-order valence-corrected chi connectivity index (χ4v) is 1.73. The summed E-state index contributed by atoms with van der Waals surface area (Å²) in [6.07, 6.45) is 0. The first-order valence-electron chi connectivity index (χ1n) is 5.01. The van der Waals surface area contributed by atoms with Gasteiger partial charge in [0.1, 0.15) is 0 Å². The summed E-state index contributed by atoms with van der Waals surface area (Å²) < 4.78 is 5.11. The Bertz CT molecular complexity index is 164. The number of rotatable bonds is 4. The van der Waals surface area contributed by atoms with Crippen molar-refractivity contribution in [2.75, 3.05) is 26.8 Å². The standard InChI is InChI=1S/C10H22N2O/c1-8(2)10(11)6-12(7-10)9(3)5-13-4/h8-9H,5-7,11H2,1-4H3. The van der Waals surface area contributed by atoms with Crippen LogP contribution in [0, 0.1) is 5.92 Å². The minimum Gasteiger partial charge on any atom is -0.383 e. The Morgan fingerprint density at radius 2 is 1.92 bits per heavy atom. The van der Waals surface area contributed by atoms with Crippen molar-refractivity contribution < 1.29 is 4.74 Å². The van der Waals surface area contributed by atoms with Crippen molar-refractivity contribution in [3.8, 4) is 0 Å². The number of hydrogen-bond donors (Lipinski definition) is 1. The highest BCUT2D eigenvalue weighted by molar-refractivity contribution is 5.03. The highest BCUT2D eigenvalue weighted by atomic mass is 16.5. The molecule has 0 bridgehead atoms. The highest BCUT2D eigenvalue weighted by Gasteiger charge is 2.43. The van der Waals surface area contributed by atoms with Gasteiger partial charge in [-0.15, -0.1) is 0 Å². The summed E-state index contributed by atoms with van der Waals surface area (Å²) in [7, 11) is 1.74. The molecule has 1 saturated heterocycles. The molecule has 0 radical (unpaired) electrons. The van der Waals surface area contributed by atoms with Crippen molar-refractivity contribution in [1.82, 2.24) is 4.90 Å². The molecule has 0 aromatic carbocycles. The van der Waals surface area contributed by atoms with Crippen LogP contribution >= 0.6 is 0 Å². The SMILES string of the molecule is COCC(C)N1CC(N)(C(C)C)C1. The summed E-state index contributed by atoms with van der Waals surface area (Å²) in [4.78, 5) is 2.38. The molecule has 0 aliphatic carbocycles. The number of likely N-dealkylation sites (tertiary alicyclic amines) is 1. The molecule has 0 spiro atoms. The summed E-state index contributed by atoms with van der Waals surface area (Å²) in [5.74, 6) is 0.568. The second-order valence-electron chi connectivity index (χ2n) is 4.60. The predicted molar refractivity (Wildman–Crippen MR) is 54.7 cm³/mol. The first kappa shape index (κ1) is 11.0. The molecule has 3 heteroatoms. The van der Waals surface area contributed by atoms with Gasteiger partial charge in [0.15, 0.2) is 0 Å². The van der Waals surface area contributed by atoms with E-state index in [1.807, 2.05) is 0 Å². The molecule has 0 saturated carbocycles. The molecule has 1 rings (SSSR count). The van der Waals surface area contributed by atoms with Gasteiger partial charge in [-0.1, -0.05) is 13.8 Å². The molecule has 13 heavy (non-hydrogen) atoms. The van der Waals surface area contributed by atoms with E-state index in [4.69, 9.17) is 10.5 Å². The number of methoxy groups -OCH3 is 1. The number of nitrogens with two attached hydrogens (primary N) is 1. The molecule has 1 aliphatic heterocycles. The van der Waals surface area contributed by atoms with Gasteiger partial charge in [-0.05, 0) is 12.8 Å². The van der Waals surface area contributed by atoms with Crippen LogP contribution in [0.15, 0.2) is 0 Å². The quantitative estimate of drug-likeness (QED) is 0.702. The van der Waals surface area contributed by atoms with Crippen LogP contribution in [-0.4, -0.2) is 43.3 Å². The minimum atomic E-state index is 0.0437. The van der Waals surface area contributed by atoms with E-state index in [-0.39, 0.29) is 5.54 Å². The average molecular weight is 186 g/mol. The van der Waals surface area contributed by atoms with E-state index < -0.39 is 0 Å². The molecule has 3 nitrogen and oxygen atoms in total. The third-order valence-electron chi connectivity index (χ3n) is 3.18. The summed E-state index contributed by atoms with van der Waals surface area (Å²) in [6.45, 7) is 9.39. The lowest BCUT2D eigenvalue weighted by molar-refractivity contribution is -0.0165. The Kier molecular flexibility index (Phi) is 3.33. The molecule has 78 valence electrons. The van der Waals surface area contributed by atoms with Crippen molar-refractivity contribution in [2.45, 2.75) is 32.4 Å². The normalized spacial score (nSPS) is 24.5. The third kappa shape index (κ3) is 2.22. The minimum absolute atomic E-state index is 0.0437. The molecular formula is C10H22N2O. The van der Waals surface area contributed by atoms with Crippen LogP contribution in [0.3, 0.4) is 0 Å². The first-order chi connectivity index (χ1) is 5.99. The molecule has 2 N–H and O–H groups in total. The maximum absolute atomic E-state index is 6.19. The maximum Gasteiger partial charge on any atom is 0.0615 e. The lowest BCUT2D eigenvalue weighted by atomic mass is 9.79. The molecular weight excluding hydrogens is 164 g/mol. The van der Waals surface area contributed by atoms with Crippen LogP contribution in [0.2, 0.25) is 0 Å². The van der Waals surface area contributed by atoms with Gasteiger partial charge in [-0.25, -0.2) is 0 Å². The Labute approximate surface area is 81.2 Å². The lowest BCUT2D eigenvalue weighted by Gasteiger charge is -2.52. The molecule has 1 heterocycles. The fraction of sp³-hybridized carbons (Fsp3) is 1.00. The largest absolute Gasteiger partial charge is 0.383 e. The van der Waals surface area contributed by atoms with E-state index in [1.165, 1.54) is 0 Å². The van der Waals surface area contributed by atoms with Gasteiger partial charge >= 0.3 is 0 Å². The van der Waals surface area contributed by atoms with Gasteiger partial charge in [0.25, 0.3) is 0 Å². The third-order valence-corrected chi connectivity index (χ3v) is 3.18. The van der Waals surface area contributed by atoms with Crippen LogP contribution < -0.4 is 5.73 Å². The number of ether oxygens (including phenoxy) is 1. The van der Waals surface area contributed by atoms with Crippen LogP contribution in [-0.2, 0) is 4.74 Å². The van der Waals surface area contributed by atoms with Crippen LogP contribution in [0.4, 0.5) is 0 Å². The molecule has 1 aliphatic rings. The van der Waals surface area contributed by atoms with Gasteiger partial charge in [0.2, 0.25) is 0 Å². The number of hydrogen-bond acceptors (Lipinski definition) is 3. The first-order valence-corrected chi connectivity index (χ1v) is 5.01. The second kappa shape index (κ2) is 3.95. The van der Waals surface area contributed by atoms with Crippen molar-refractivity contribution in [2.24, 2.45) is 11.7 Å². The lowest BCUT2D eigenvalue weighted by Crippen LogP contribution is -2.71. The molecule has 0 amide bonds. The summed E-state index contributed by atoms with van der Waals surface area (Å²) in [6, 6.07) is 0.500. The molecule has 0 aromatic rings. The van der Waals surface area contributed by atoms with Crippen LogP contribution in [0.1, 0.15) is 20.8 Å². The Hall–Kier alpha value is -0.120. The fourth-order valence-electron chi connectivity index (χ4n) is 1.73. The molecule has 1 unspecified atom stereocenters. The van der Waals surface area contributed by atoms with Crippen molar-refractivity contribution in [3.05, 3.63) is 0 Å². The summed E-state index contributed by atoms with van der Waals surface area (Å²) in [5, 5.41) is 0. The zero-order valence-corrected chi connectivity index (χ0v) is 9.21. The summed E-state index contributed by atoms with van der Waals surface area (Å²) >= 11 is 0. The zero-order valence-electron chi connectivity index (χ0n) is 9.21. The van der Waals surface area contributed by atoms with Gasteiger partial charge < -0.3 is 10.5 Å². The van der Waals surface area contributed by atoms with Gasteiger partial charge in [-0.3, -0.25) is 4.90 Å². The van der Waals surface area contributed by atoms with Crippen molar-refractivity contribution >= 4 is 0 Å². The Morgan fingerprint density at radius 3 is 2.31 bits per heavy atom. The Balaban J connectivity index is 2.32. The topological polar surface area (TPSA) is 38.5 Å². The smallest absolute Gasteiger partial charge is 0.0615 e. The van der Waals surface area contributed by atoms with E-state index in [1.54, 1.807) is 7.11 Å². The van der Waals surface area contributed by atoms with E-state index in [2.05, 4.69) is 25.7 Å². The number of nitrogens with zero attached hydrogens (tertiary/aromatic N) is 1. The van der Waals surface area contributed by atoms with Gasteiger partial charge in [0, 0.05) is 31.8 Å². The molecule has 1 atom stereocenters. The van der Waals surface area contributed by atoms with E-state index in [0.717, 1.165) is 19.7 Å². The molecule has 1 fully saturated rings. The van der Waals surface area contributed by atoms with Gasteiger partial charge in [-0.2, -0.15) is 0 Å². The van der Waals surface area contributed by atoms with Crippen LogP contribution in [0.5, 0.6) is 0 Å². The maximum atomic E-state index is 6.19. The second-order valence-corrected chi connectivity index (χ2v) is 4.60. The Morgan fingerprint density at radius 1 is 1.38 bits per heavy atom. The van der Waals surface area contributed by atoms with Gasteiger partial charge in [0.05, 0.1) is 6.61 Å². The predicted octanol–water partition coefficient (Wildman–Crippen LogP) is 0.690.